The summed E-state index contributed by atoms with van der Waals surface area (Å²) in [5.74, 6) is 0. The molecule has 0 saturated heterocycles. The third-order valence-corrected chi connectivity index (χ3v) is 4.59. The number of halogens is 1. The fraction of sp³-hybridized carbons (Fsp3) is 0.571. The number of hydrogen-bond acceptors (Lipinski definition) is 2. The minimum Gasteiger partial charge on any atom is -0.310 e. The molecule has 1 rings (SSSR count). The van der Waals surface area contributed by atoms with Crippen LogP contribution in [-0.4, -0.2) is 6.54 Å². The number of thiophene rings is 1. The molecule has 0 radical (unpaired) electrons. The highest BCUT2D eigenvalue weighted by Gasteiger charge is 2.11. The Morgan fingerprint density at radius 1 is 1.47 bits per heavy atom. The van der Waals surface area contributed by atoms with E-state index in [1.54, 1.807) is 0 Å². The van der Waals surface area contributed by atoms with Crippen LogP contribution in [0, 0.1) is 0 Å². The molecule has 3 heteroatoms. The van der Waals surface area contributed by atoms with Gasteiger partial charge in [-0.05, 0) is 47.8 Å². The summed E-state index contributed by atoms with van der Waals surface area (Å²) in [7, 11) is 0. The van der Waals surface area contributed by atoms with E-state index in [0.717, 1.165) is 13.0 Å². The number of rotatable bonds is 9. The molecule has 17 heavy (non-hydrogen) atoms. The summed E-state index contributed by atoms with van der Waals surface area (Å²) in [5, 5.41) is 5.74. The Balaban J connectivity index is 2.35. The highest BCUT2D eigenvalue weighted by atomic mass is 79.9. The summed E-state index contributed by atoms with van der Waals surface area (Å²) in [4.78, 5) is 1.45. The van der Waals surface area contributed by atoms with Crippen molar-refractivity contribution in [2.45, 2.75) is 45.1 Å². The molecule has 0 aliphatic rings. The van der Waals surface area contributed by atoms with Gasteiger partial charge in [0.15, 0.2) is 0 Å². The fourth-order valence-corrected chi connectivity index (χ4v) is 3.47. The number of allylic oxidation sites excluding steroid dienone is 1. The molecule has 1 atom stereocenters. The molecular formula is C14H22BrNS. The van der Waals surface area contributed by atoms with Crippen molar-refractivity contribution < 1.29 is 0 Å². The van der Waals surface area contributed by atoms with Crippen LogP contribution in [0.1, 0.15) is 49.9 Å². The molecule has 0 spiro atoms. The maximum atomic E-state index is 3.76. The molecule has 0 aliphatic carbocycles. The average Bonchev–Trinajstić information content (AvgIpc) is 2.74. The van der Waals surface area contributed by atoms with Gasteiger partial charge >= 0.3 is 0 Å². The molecule has 0 bridgehead atoms. The summed E-state index contributed by atoms with van der Waals surface area (Å²) >= 11 is 5.37. The molecule has 0 aromatic carbocycles. The van der Waals surface area contributed by atoms with E-state index in [1.807, 2.05) is 17.4 Å². The van der Waals surface area contributed by atoms with Gasteiger partial charge in [-0.15, -0.1) is 17.9 Å². The quantitative estimate of drug-likeness (QED) is 0.481. The zero-order chi connectivity index (χ0) is 12.5. The first-order valence-corrected chi connectivity index (χ1v) is 8.03. The van der Waals surface area contributed by atoms with Crippen molar-refractivity contribution in [3.05, 3.63) is 33.5 Å². The fourth-order valence-electron chi connectivity index (χ4n) is 1.92. The second-order valence-corrected chi connectivity index (χ2v) is 6.06. The molecular weight excluding hydrogens is 294 g/mol. The van der Waals surface area contributed by atoms with Crippen LogP contribution in [-0.2, 0) is 0 Å². The van der Waals surface area contributed by atoms with E-state index in [4.69, 9.17) is 0 Å². The molecule has 1 N–H and O–H groups in total. The third kappa shape index (κ3) is 5.84. The van der Waals surface area contributed by atoms with Gasteiger partial charge in [-0.25, -0.2) is 0 Å². The molecule has 1 heterocycles. The van der Waals surface area contributed by atoms with Crippen LogP contribution in [0.25, 0.3) is 0 Å². The van der Waals surface area contributed by atoms with Crippen molar-refractivity contribution >= 4 is 27.3 Å². The van der Waals surface area contributed by atoms with E-state index < -0.39 is 0 Å². The molecule has 0 fully saturated rings. The lowest BCUT2D eigenvalue weighted by Crippen LogP contribution is -2.19. The monoisotopic (exact) mass is 315 g/mol. The second kappa shape index (κ2) is 8.90. The van der Waals surface area contributed by atoms with Gasteiger partial charge in [-0.1, -0.05) is 25.8 Å². The molecule has 1 unspecified atom stereocenters. The highest BCUT2D eigenvalue weighted by Crippen LogP contribution is 2.28. The van der Waals surface area contributed by atoms with Crippen molar-refractivity contribution in [3.63, 3.8) is 0 Å². The SMILES string of the molecule is C=CCCCCCC(NCC)c1cc(Br)cs1. The van der Waals surface area contributed by atoms with Crippen LogP contribution in [0.2, 0.25) is 0 Å². The lowest BCUT2D eigenvalue weighted by Gasteiger charge is -2.16. The van der Waals surface area contributed by atoms with Crippen LogP contribution in [0.4, 0.5) is 0 Å². The Kier molecular flexibility index (Phi) is 7.82. The van der Waals surface area contributed by atoms with Crippen molar-refractivity contribution in [3.8, 4) is 0 Å². The summed E-state index contributed by atoms with van der Waals surface area (Å²) < 4.78 is 1.20. The van der Waals surface area contributed by atoms with Gasteiger partial charge in [0.25, 0.3) is 0 Å². The van der Waals surface area contributed by atoms with E-state index in [2.05, 4.69) is 46.2 Å². The predicted octanol–water partition coefficient (Wildman–Crippen LogP) is 5.30. The highest BCUT2D eigenvalue weighted by molar-refractivity contribution is 9.10. The Bertz CT molecular complexity index is 322. The van der Waals surface area contributed by atoms with Gasteiger partial charge < -0.3 is 5.32 Å². The molecule has 0 amide bonds. The van der Waals surface area contributed by atoms with Crippen LogP contribution < -0.4 is 5.32 Å². The van der Waals surface area contributed by atoms with Gasteiger partial charge in [0, 0.05) is 20.8 Å². The first-order valence-electron chi connectivity index (χ1n) is 6.36. The standard InChI is InChI=1S/C14H22BrNS/c1-3-5-6-7-8-9-13(16-4-2)14-10-12(15)11-17-14/h3,10-11,13,16H,1,4-9H2,2H3. The first-order chi connectivity index (χ1) is 8.27. The second-order valence-electron chi connectivity index (χ2n) is 4.20. The zero-order valence-electron chi connectivity index (χ0n) is 10.5. The maximum Gasteiger partial charge on any atom is 0.0415 e. The number of nitrogens with one attached hydrogen (secondary N) is 1. The largest absolute Gasteiger partial charge is 0.310 e. The summed E-state index contributed by atoms with van der Waals surface area (Å²) in [5.41, 5.74) is 0. The molecule has 1 aromatic rings. The third-order valence-electron chi connectivity index (χ3n) is 2.78. The summed E-state index contributed by atoms with van der Waals surface area (Å²) in [6.45, 7) is 6.97. The molecule has 96 valence electrons. The van der Waals surface area contributed by atoms with E-state index in [0.29, 0.717) is 6.04 Å². The molecule has 1 aromatic heterocycles. The van der Waals surface area contributed by atoms with Crippen LogP contribution in [0.3, 0.4) is 0 Å². The first kappa shape index (κ1) is 14.9. The minimum absolute atomic E-state index is 0.528. The molecule has 0 aliphatic heterocycles. The van der Waals surface area contributed by atoms with Crippen LogP contribution in [0.15, 0.2) is 28.6 Å². The van der Waals surface area contributed by atoms with Gasteiger partial charge in [0.2, 0.25) is 0 Å². The van der Waals surface area contributed by atoms with Gasteiger partial charge in [-0.2, -0.15) is 0 Å². The molecule has 0 saturated carbocycles. The van der Waals surface area contributed by atoms with Gasteiger partial charge in [-0.3, -0.25) is 0 Å². The van der Waals surface area contributed by atoms with Crippen LogP contribution in [0.5, 0.6) is 0 Å². The Morgan fingerprint density at radius 3 is 2.88 bits per heavy atom. The normalized spacial score (nSPS) is 12.6. The lowest BCUT2D eigenvalue weighted by atomic mass is 10.1. The Morgan fingerprint density at radius 2 is 2.29 bits per heavy atom. The zero-order valence-corrected chi connectivity index (χ0v) is 12.9. The van der Waals surface area contributed by atoms with Crippen molar-refractivity contribution in [1.82, 2.24) is 5.32 Å². The van der Waals surface area contributed by atoms with Crippen molar-refractivity contribution in [2.24, 2.45) is 0 Å². The van der Waals surface area contributed by atoms with E-state index in [9.17, 15) is 0 Å². The minimum atomic E-state index is 0.528. The average molecular weight is 316 g/mol. The topological polar surface area (TPSA) is 12.0 Å². The molecule has 1 nitrogen and oxygen atoms in total. The van der Waals surface area contributed by atoms with E-state index >= 15 is 0 Å². The van der Waals surface area contributed by atoms with E-state index in [1.165, 1.54) is 35.0 Å². The predicted molar refractivity (Wildman–Crippen MR) is 81.7 cm³/mol. The maximum absolute atomic E-state index is 3.76. The number of unbranched alkanes of at least 4 members (excludes halogenated alkanes) is 3. The summed E-state index contributed by atoms with van der Waals surface area (Å²) in [6, 6.07) is 2.77. The Labute approximate surface area is 117 Å². The van der Waals surface area contributed by atoms with Crippen LogP contribution >= 0.6 is 27.3 Å². The summed E-state index contributed by atoms with van der Waals surface area (Å²) in [6.07, 6.45) is 8.27. The number of hydrogen-bond donors (Lipinski definition) is 1. The van der Waals surface area contributed by atoms with Crippen molar-refractivity contribution in [2.75, 3.05) is 6.54 Å². The van der Waals surface area contributed by atoms with E-state index in [-0.39, 0.29) is 0 Å². The Hall–Kier alpha value is -0.120. The van der Waals surface area contributed by atoms with Gasteiger partial charge in [0.1, 0.15) is 0 Å². The smallest absolute Gasteiger partial charge is 0.0415 e. The lowest BCUT2D eigenvalue weighted by molar-refractivity contribution is 0.490. The van der Waals surface area contributed by atoms with Gasteiger partial charge in [0.05, 0.1) is 0 Å². The van der Waals surface area contributed by atoms with Crippen molar-refractivity contribution in [1.29, 1.82) is 0 Å².